The Hall–Kier alpha value is -2.18. The average molecular weight is 250 g/mol. The van der Waals surface area contributed by atoms with Crippen LogP contribution in [0, 0.1) is 0 Å². The first-order valence-electron chi connectivity index (χ1n) is 5.72. The van der Waals surface area contributed by atoms with E-state index in [1.54, 1.807) is 18.3 Å². The Kier molecular flexibility index (Phi) is 3.71. The second-order valence-corrected chi connectivity index (χ2v) is 4.06. The van der Waals surface area contributed by atoms with Crippen LogP contribution in [0.5, 0.6) is 0 Å². The summed E-state index contributed by atoms with van der Waals surface area (Å²) in [5, 5.41) is 19.1. The van der Waals surface area contributed by atoms with Gasteiger partial charge in [-0.25, -0.2) is 9.59 Å². The summed E-state index contributed by atoms with van der Waals surface area (Å²) in [7, 11) is 0. The van der Waals surface area contributed by atoms with Crippen molar-refractivity contribution in [2.24, 2.45) is 0 Å². The Morgan fingerprint density at radius 2 is 2.39 bits per heavy atom. The lowest BCUT2D eigenvalue weighted by Gasteiger charge is -2.21. The van der Waals surface area contributed by atoms with Crippen LogP contribution >= 0.6 is 0 Å². The molecule has 0 bridgehead atoms. The molecular formula is C11H14N4O3. The maximum Gasteiger partial charge on any atom is 0.326 e. The van der Waals surface area contributed by atoms with Crippen molar-refractivity contribution < 1.29 is 14.7 Å². The molecule has 96 valence electrons. The van der Waals surface area contributed by atoms with Gasteiger partial charge in [0, 0.05) is 12.7 Å². The van der Waals surface area contributed by atoms with Gasteiger partial charge >= 0.3 is 12.0 Å². The maximum absolute atomic E-state index is 11.8. The molecule has 1 atom stereocenters. The number of urea groups is 1. The Morgan fingerprint density at radius 3 is 3.06 bits per heavy atom. The molecule has 0 radical (unpaired) electrons. The minimum absolute atomic E-state index is 0.246. The van der Waals surface area contributed by atoms with Crippen LogP contribution in [0.15, 0.2) is 18.3 Å². The van der Waals surface area contributed by atoms with Crippen molar-refractivity contribution in [1.82, 2.24) is 20.4 Å². The lowest BCUT2D eigenvalue weighted by molar-refractivity contribution is -0.141. The number of nitrogens with one attached hydrogen (secondary N) is 1. The molecule has 0 saturated carbocycles. The van der Waals surface area contributed by atoms with Crippen molar-refractivity contribution in [3.05, 3.63) is 24.0 Å². The van der Waals surface area contributed by atoms with Gasteiger partial charge in [-0.1, -0.05) is 0 Å². The summed E-state index contributed by atoms with van der Waals surface area (Å²) in [6.07, 6.45) is 2.77. The van der Waals surface area contributed by atoms with Crippen LogP contribution in [-0.4, -0.2) is 44.8 Å². The van der Waals surface area contributed by atoms with Gasteiger partial charge in [0.15, 0.2) is 0 Å². The van der Waals surface area contributed by atoms with Crippen molar-refractivity contribution in [2.75, 3.05) is 6.54 Å². The van der Waals surface area contributed by atoms with Crippen LogP contribution in [0.4, 0.5) is 4.79 Å². The number of aliphatic carboxylic acids is 1. The Balaban J connectivity index is 1.90. The fraction of sp³-hybridized carbons (Fsp3) is 0.455. The zero-order valence-electron chi connectivity index (χ0n) is 9.74. The molecule has 18 heavy (non-hydrogen) atoms. The lowest BCUT2D eigenvalue weighted by atomic mass is 10.2. The quantitative estimate of drug-likeness (QED) is 0.801. The topological polar surface area (TPSA) is 95.4 Å². The number of carbonyl (C=O) groups is 2. The third-order valence-electron chi connectivity index (χ3n) is 2.85. The van der Waals surface area contributed by atoms with Crippen LogP contribution < -0.4 is 5.32 Å². The highest BCUT2D eigenvalue weighted by Crippen LogP contribution is 2.17. The van der Waals surface area contributed by atoms with E-state index in [0.29, 0.717) is 18.7 Å². The first-order chi connectivity index (χ1) is 8.68. The molecule has 2 amide bonds. The third-order valence-corrected chi connectivity index (χ3v) is 2.85. The highest BCUT2D eigenvalue weighted by atomic mass is 16.4. The number of hydrogen-bond acceptors (Lipinski definition) is 4. The van der Waals surface area contributed by atoms with Gasteiger partial charge in [-0.05, 0) is 25.0 Å². The highest BCUT2D eigenvalue weighted by molar-refractivity contribution is 5.83. The largest absolute Gasteiger partial charge is 0.480 e. The van der Waals surface area contributed by atoms with Crippen LogP contribution in [0.25, 0.3) is 0 Å². The second kappa shape index (κ2) is 5.44. The number of aromatic nitrogens is 2. The van der Waals surface area contributed by atoms with E-state index in [2.05, 4.69) is 15.5 Å². The molecule has 1 fully saturated rings. The number of likely N-dealkylation sites (tertiary alicyclic amines) is 1. The van der Waals surface area contributed by atoms with Crippen molar-refractivity contribution in [2.45, 2.75) is 25.4 Å². The normalized spacial score (nSPS) is 18.7. The molecule has 2 rings (SSSR count). The van der Waals surface area contributed by atoms with Gasteiger partial charge in [0.2, 0.25) is 0 Å². The van der Waals surface area contributed by atoms with Crippen molar-refractivity contribution >= 4 is 12.0 Å². The Bertz CT molecular complexity index is 437. The van der Waals surface area contributed by atoms with E-state index in [9.17, 15) is 9.59 Å². The fourth-order valence-corrected chi connectivity index (χ4v) is 1.96. The predicted molar refractivity (Wildman–Crippen MR) is 61.6 cm³/mol. The average Bonchev–Trinajstić information content (AvgIpc) is 2.86. The summed E-state index contributed by atoms with van der Waals surface area (Å²) in [5.41, 5.74) is 0.636. The molecule has 2 N–H and O–H groups in total. The summed E-state index contributed by atoms with van der Waals surface area (Å²) in [6.45, 7) is 0.721. The van der Waals surface area contributed by atoms with Gasteiger partial charge in [-0.2, -0.15) is 10.2 Å². The molecule has 0 aromatic carbocycles. The van der Waals surface area contributed by atoms with Gasteiger partial charge in [0.25, 0.3) is 0 Å². The zero-order chi connectivity index (χ0) is 13.0. The molecule has 1 saturated heterocycles. The van der Waals surface area contributed by atoms with Crippen LogP contribution in [0.2, 0.25) is 0 Å². The number of hydrogen-bond donors (Lipinski definition) is 2. The van der Waals surface area contributed by atoms with E-state index in [1.807, 2.05) is 0 Å². The SMILES string of the molecule is O=C(O)[C@@H]1CCCN1C(=O)NCc1cccnn1. The van der Waals surface area contributed by atoms with Gasteiger partial charge < -0.3 is 15.3 Å². The number of carboxylic acids is 1. The highest BCUT2D eigenvalue weighted by Gasteiger charge is 2.33. The minimum atomic E-state index is -0.956. The molecule has 0 aliphatic carbocycles. The summed E-state index contributed by atoms with van der Waals surface area (Å²) in [4.78, 5) is 24.1. The summed E-state index contributed by atoms with van der Waals surface area (Å²) >= 11 is 0. The fourth-order valence-electron chi connectivity index (χ4n) is 1.96. The van der Waals surface area contributed by atoms with E-state index >= 15 is 0 Å². The Morgan fingerprint density at radius 1 is 1.56 bits per heavy atom. The van der Waals surface area contributed by atoms with Crippen molar-refractivity contribution in [3.8, 4) is 0 Å². The summed E-state index contributed by atoms with van der Waals surface area (Å²) in [5.74, 6) is -0.956. The monoisotopic (exact) mass is 250 g/mol. The Labute approximate surface area is 104 Å². The molecule has 0 spiro atoms. The first-order valence-corrected chi connectivity index (χ1v) is 5.72. The number of amides is 2. The van der Waals surface area contributed by atoms with E-state index in [0.717, 1.165) is 6.42 Å². The van der Waals surface area contributed by atoms with Crippen molar-refractivity contribution in [3.63, 3.8) is 0 Å². The molecular weight excluding hydrogens is 236 g/mol. The molecule has 1 aliphatic heterocycles. The second-order valence-electron chi connectivity index (χ2n) is 4.06. The van der Waals surface area contributed by atoms with Gasteiger partial charge in [-0.3, -0.25) is 0 Å². The van der Waals surface area contributed by atoms with Gasteiger partial charge in [-0.15, -0.1) is 0 Å². The molecule has 1 aliphatic rings. The minimum Gasteiger partial charge on any atom is -0.480 e. The standard InChI is InChI=1S/C11H14N4O3/c16-10(17)9-4-2-6-15(9)11(18)12-7-8-3-1-5-13-14-8/h1,3,5,9H,2,4,6-7H2,(H,12,18)(H,16,17)/t9-/m0/s1. The number of nitrogens with zero attached hydrogens (tertiary/aromatic N) is 3. The predicted octanol–water partition coefficient (Wildman–Crippen LogP) is 0.235. The molecule has 1 aromatic heterocycles. The molecule has 7 nitrogen and oxygen atoms in total. The van der Waals surface area contributed by atoms with E-state index in [-0.39, 0.29) is 12.6 Å². The maximum atomic E-state index is 11.8. The van der Waals surface area contributed by atoms with Crippen LogP contribution in [-0.2, 0) is 11.3 Å². The van der Waals surface area contributed by atoms with Crippen molar-refractivity contribution in [1.29, 1.82) is 0 Å². The molecule has 7 heteroatoms. The number of carboxylic acid groups (broad SMARTS) is 1. The van der Waals surface area contributed by atoms with E-state index in [1.165, 1.54) is 4.90 Å². The summed E-state index contributed by atoms with van der Waals surface area (Å²) in [6, 6.07) is 2.38. The van der Waals surface area contributed by atoms with Gasteiger partial charge in [0.05, 0.1) is 12.2 Å². The lowest BCUT2D eigenvalue weighted by Crippen LogP contribution is -2.45. The van der Waals surface area contributed by atoms with Crippen LogP contribution in [0.1, 0.15) is 18.5 Å². The smallest absolute Gasteiger partial charge is 0.326 e. The molecule has 0 unspecified atom stereocenters. The summed E-state index contributed by atoms with van der Waals surface area (Å²) < 4.78 is 0. The number of rotatable bonds is 3. The first kappa shape index (κ1) is 12.3. The zero-order valence-corrected chi connectivity index (χ0v) is 9.74. The van der Waals surface area contributed by atoms with E-state index < -0.39 is 12.0 Å². The van der Waals surface area contributed by atoms with Crippen LogP contribution in [0.3, 0.4) is 0 Å². The molecule has 1 aromatic rings. The number of carbonyl (C=O) groups excluding carboxylic acids is 1. The van der Waals surface area contributed by atoms with E-state index in [4.69, 9.17) is 5.11 Å². The third kappa shape index (κ3) is 2.73. The molecule has 2 heterocycles. The van der Waals surface area contributed by atoms with Gasteiger partial charge in [0.1, 0.15) is 6.04 Å².